The number of anilines is 3. The third kappa shape index (κ3) is 2.69. The van der Waals surface area contributed by atoms with Crippen molar-refractivity contribution in [1.29, 1.82) is 0 Å². The highest BCUT2D eigenvalue weighted by Gasteiger charge is 2.28. The van der Waals surface area contributed by atoms with Gasteiger partial charge in [0, 0.05) is 6.07 Å². The number of nitrogens with zero attached hydrogens (tertiary/aromatic N) is 2. The van der Waals surface area contributed by atoms with Crippen LogP contribution >= 0.6 is 0 Å². The highest BCUT2D eigenvalue weighted by molar-refractivity contribution is 5.50. The molecule has 8 heteroatoms. The Hall–Kier alpha value is -1.64. The van der Waals surface area contributed by atoms with Gasteiger partial charge in [-0.05, 0) is 0 Å². The highest BCUT2D eigenvalue weighted by atomic mass is 16.3. The largest absolute Gasteiger partial charge is 0.394 e. The quantitative estimate of drug-likeness (QED) is 0.332. The second-order valence-corrected chi connectivity index (χ2v) is 3.42. The maximum Gasteiger partial charge on any atom is 0.223 e. The number of rotatable bonds is 5. The van der Waals surface area contributed by atoms with Crippen molar-refractivity contribution in [3.8, 4) is 0 Å². The number of hydrogen-bond donors (Lipinski definition) is 6. The van der Waals surface area contributed by atoms with Gasteiger partial charge in [-0.25, -0.2) is 0 Å². The number of aliphatic hydroxyl groups is 3. The summed E-state index contributed by atoms with van der Waals surface area (Å²) in [4.78, 5) is 7.46. The average Bonchev–Trinajstić information content (AvgIpc) is 2.25. The average molecular weight is 229 g/mol. The Labute approximate surface area is 91.9 Å². The number of hydrogen-bond acceptors (Lipinski definition) is 8. The van der Waals surface area contributed by atoms with Crippen LogP contribution in [0.2, 0.25) is 0 Å². The number of nitrogens with one attached hydrogen (secondary N) is 1. The summed E-state index contributed by atoms with van der Waals surface area (Å²) in [7, 11) is 0. The lowest BCUT2D eigenvalue weighted by Crippen LogP contribution is -2.49. The molecule has 0 aliphatic heterocycles. The van der Waals surface area contributed by atoms with Crippen molar-refractivity contribution in [1.82, 2.24) is 9.97 Å². The van der Waals surface area contributed by atoms with Gasteiger partial charge in [0.15, 0.2) is 0 Å². The molecule has 0 amide bonds. The van der Waals surface area contributed by atoms with Gasteiger partial charge < -0.3 is 32.1 Å². The van der Waals surface area contributed by atoms with Crippen molar-refractivity contribution >= 4 is 17.6 Å². The molecule has 8 N–H and O–H groups in total. The summed E-state index contributed by atoms with van der Waals surface area (Å²) in [6, 6.07) is 1.38. The predicted octanol–water partition coefficient (Wildman–Crippen LogP) is -2.23. The maximum absolute atomic E-state index is 9.09. The van der Waals surface area contributed by atoms with Gasteiger partial charge in [-0.2, -0.15) is 9.97 Å². The summed E-state index contributed by atoms with van der Waals surface area (Å²) in [5, 5.41) is 29.9. The van der Waals surface area contributed by atoms with Crippen LogP contribution in [0.1, 0.15) is 0 Å². The topological polar surface area (TPSA) is 151 Å². The molecule has 90 valence electrons. The molecule has 0 saturated carbocycles. The molecule has 1 rings (SSSR count). The van der Waals surface area contributed by atoms with E-state index in [0.717, 1.165) is 0 Å². The van der Waals surface area contributed by atoms with Gasteiger partial charge in [0.1, 0.15) is 17.2 Å². The van der Waals surface area contributed by atoms with E-state index in [9.17, 15) is 0 Å². The van der Waals surface area contributed by atoms with Gasteiger partial charge in [0.05, 0.1) is 19.8 Å². The lowest BCUT2D eigenvalue weighted by molar-refractivity contribution is 0.0831. The Morgan fingerprint density at radius 1 is 1.12 bits per heavy atom. The fraction of sp³-hybridized carbons (Fsp3) is 0.500. The first kappa shape index (κ1) is 12.4. The minimum absolute atomic E-state index is 0.0368. The van der Waals surface area contributed by atoms with Crippen LogP contribution in [0.3, 0.4) is 0 Å². The summed E-state index contributed by atoms with van der Waals surface area (Å²) in [6.07, 6.45) is 0. The fourth-order valence-corrected chi connectivity index (χ4v) is 1.09. The van der Waals surface area contributed by atoms with Gasteiger partial charge in [-0.3, -0.25) is 0 Å². The lowest BCUT2D eigenvalue weighted by Gasteiger charge is -2.29. The van der Waals surface area contributed by atoms with Crippen LogP contribution in [0.5, 0.6) is 0 Å². The van der Waals surface area contributed by atoms with Crippen LogP contribution in [-0.4, -0.2) is 50.6 Å². The molecule has 0 aliphatic rings. The molecular formula is C8H15N5O3. The van der Waals surface area contributed by atoms with Crippen molar-refractivity contribution < 1.29 is 15.3 Å². The third-order valence-electron chi connectivity index (χ3n) is 2.06. The molecule has 0 fully saturated rings. The third-order valence-corrected chi connectivity index (χ3v) is 2.06. The van der Waals surface area contributed by atoms with Gasteiger partial charge in [-0.1, -0.05) is 0 Å². The summed E-state index contributed by atoms with van der Waals surface area (Å²) in [5.74, 6) is 0.338. The minimum Gasteiger partial charge on any atom is -0.394 e. The molecular weight excluding hydrogens is 214 g/mol. The summed E-state index contributed by atoms with van der Waals surface area (Å²) in [5.41, 5.74) is 9.55. The van der Waals surface area contributed by atoms with Gasteiger partial charge in [-0.15, -0.1) is 0 Å². The number of nitrogen functional groups attached to an aromatic ring is 2. The zero-order valence-corrected chi connectivity index (χ0v) is 8.59. The monoisotopic (exact) mass is 229 g/mol. The van der Waals surface area contributed by atoms with Crippen LogP contribution in [0.15, 0.2) is 6.07 Å². The standard InChI is InChI=1S/C8H15N5O3/c9-5-1-6(12-7(10)11-5)13-8(2-14,3-15)4-16/h1,14-16H,2-4H2,(H5,9,10,11,12,13). The zero-order valence-electron chi connectivity index (χ0n) is 8.59. The van der Waals surface area contributed by atoms with E-state index < -0.39 is 25.4 Å². The Bertz CT molecular complexity index is 327. The smallest absolute Gasteiger partial charge is 0.223 e. The molecule has 0 aliphatic carbocycles. The zero-order chi connectivity index (χ0) is 12.2. The van der Waals surface area contributed by atoms with Crippen molar-refractivity contribution in [2.45, 2.75) is 5.54 Å². The minimum atomic E-state index is -1.27. The van der Waals surface area contributed by atoms with Crippen LogP contribution in [0, 0.1) is 0 Å². The molecule has 0 spiro atoms. The van der Waals surface area contributed by atoms with Crippen LogP contribution in [0.25, 0.3) is 0 Å². The van der Waals surface area contributed by atoms with E-state index in [1.807, 2.05) is 0 Å². The molecule has 1 aromatic heterocycles. The second kappa shape index (κ2) is 4.92. The Kier molecular flexibility index (Phi) is 3.82. The van der Waals surface area contributed by atoms with Crippen LogP contribution < -0.4 is 16.8 Å². The fourth-order valence-electron chi connectivity index (χ4n) is 1.09. The Balaban J connectivity index is 2.93. The van der Waals surface area contributed by atoms with E-state index in [2.05, 4.69) is 15.3 Å². The lowest BCUT2D eigenvalue weighted by atomic mass is 10.0. The first-order valence-electron chi connectivity index (χ1n) is 4.56. The molecule has 0 radical (unpaired) electrons. The van der Waals surface area contributed by atoms with Crippen molar-refractivity contribution in [3.05, 3.63) is 6.07 Å². The molecule has 0 atom stereocenters. The highest BCUT2D eigenvalue weighted by Crippen LogP contribution is 2.15. The van der Waals surface area contributed by atoms with E-state index in [-0.39, 0.29) is 17.6 Å². The molecule has 0 bridgehead atoms. The number of nitrogens with two attached hydrogens (primary N) is 2. The summed E-state index contributed by atoms with van der Waals surface area (Å²) in [6.45, 7) is -1.41. The van der Waals surface area contributed by atoms with Crippen LogP contribution in [-0.2, 0) is 0 Å². The van der Waals surface area contributed by atoms with Crippen molar-refractivity contribution in [3.63, 3.8) is 0 Å². The molecule has 16 heavy (non-hydrogen) atoms. The number of aliphatic hydroxyl groups excluding tert-OH is 3. The Morgan fingerprint density at radius 2 is 1.69 bits per heavy atom. The molecule has 0 aromatic carbocycles. The first-order chi connectivity index (χ1) is 7.55. The molecule has 1 aromatic rings. The SMILES string of the molecule is Nc1cc(NC(CO)(CO)CO)nc(N)n1. The van der Waals surface area contributed by atoms with Crippen LogP contribution in [0.4, 0.5) is 17.6 Å². The normalized spacial score (nSPS) is 11.4. The van der Waals surface area contributed by atoms with E-state index in [0.29, 0.717) is 0 Å². The number of aromatic nitrogens is 2. The molecule has 0 unspecified atom stereocenters. The maximum atomic E-state index is 9.09. The van der Waals surface area contributed by atoms with Gasteiger partial charge in [0.25, 0.3) is 0 Å². The van der Waals surface area contributed by atoms with E-state index in [1.165, 1.54) is 6.07 Å². The summed E-state index contributed by atoms with van der Waals surface area (Å²) >= 11 is 0. The second-order valence-electron chi connectivity index (χ2n) is 3.42. The Morgan fingerprint density at radius 3 is 2.12 bits per heavy atom. The van der Waals surface area contributed by atoms with E-state index in [4.69, 9.17) is 26.8 Å². The van der Waals surface area contributed by atoms with E-state index in [1.54, 1.807) is 0 Å². The van der Waals surface area contributed by atoms with Gasteiger partial charge in [0.2, 0.25) is 5.95 Å². The van der Waals surface area contributed by atoms with Gasteiger partial charge >= 0.3 is 0 Å². The van der Waals surface area contributed by atoms with E-state index >= 15 is 0 Å². The van der Waals surface area contributed by atoms with Crippen molar-refractivity contribution in [2.75, 3.05) is 36.6 Å². The predicted molar refractivity (Wildman–Crippen MR) is 58.5 cm³/mol. The molecule has 1 heterocycles. The molecule has 0 saturated heterocycles. The van der Waals surface area contributed by atoms with Crippen molar-refractivity contribution in [2.24, 2.45) is 0 Å². The summed E-state index contributed by atoms with van der Waals surface area (Å²) < 4.78 is 0. The first-order valence-corrected chi connectivity index (χ1v) is 4.56. The molecule has 8 nitrogen and oxygen atoms in total.